The summed E-state index contributed by atoms with van der Waals surface area (Å²) in [5, 5.41) is 10.2. The normalized spacial score (nSPS) is 19.0. The smallest absolute Gasteiger partial charge is 0.410 e. The first-order valence-corrected chi connectivity index (χ1v) is 7.78. The Morgan fingerprint density at radius 1 is 1.43 bits per heavy atom. The van der Waals surface area contributed by atoms with Gasteiger partial charge in [-0.3, -0.25) is 4.90 Å². The highest BCUT2D eigenvalue weighted by Crippen LogP contribution is 2.29. The van der Waals surface area contributed by atoms with Crippen LogP contribution in [-0.2, 0) is 17.7 Å². The summed E-state index contributed by atoms with van der Waals surface area (Å²) in [6.45, 7) is 5.92. The van der Waals surface area contributed by atoms with Crippen molar-refractivity contribution in [3.63, 3.8) is 0 Å². The molecule has 6 heteroatoms. The molecule has 0 bridgehead atoms. The number of ether oxygens (including phenoxy) is 2. The summed E-state index contributed by atoms with van der Waals surface area (Å²) in [6, 6.07) is 5.37. The van der Waals surface area contributed by atoms with Gasteiger partial charge >= 0.3 is 6.09 Å². The van der Waals surface area contributed by atoms with Crippen LogP contribution in [-0.4, -0.2) is 47.5 Å². The summed E-state index contributed by atoms with van der Waals surface area (Å²) in [6.07, 6.45) is -0.696. The van der Waals surface area contributed by atoms with Crippen LogP contribution < -0.4 is 10.5 Å². The van der Waals surface area contributed by atoms with Crippen LogP contribution in [0.1, 0.15) is 31.9 Å². The van der Waals surface area contributed by atoms with E-state index in [-0.39, 0.29) is 6.54 Å². The second-order valence-electron chi connectivity index (χ2n) is 6.82. The summed E-state index contributed by atoms with van der Waals surface area (Å²) in [5.74, 6) is 0.741. The first kappa shape index (κ1) is 17.6. The van der Waals surface area contributed by atoms with Crippen LogP contribution in [0.3, 0.4) is 0 Å². The molecule has 1 heterocycles. The highest BCUT2D eigenvalue weighted by Gasteiger charge is 2.36. The van der Waals surface area contributed by atoms with E-state index in [2.05, 4.69) is 0 Å². The van der Waals surface area contributed by atoms with Crippen molar-refractivity contribution in [1.82, 2.24) is 4.90 Å². The lowest BCUT2D eigenvalue weighted by Gasteiger charge is -2.39. The standard InChI is InChI=1S/C17H26N2O4/c1-17(2,3)23-16(21)19-10-12-7-13(22-4)6-5-11(12)8-14(19)15(20)9-18/h5-7,14-15,20H,8-10,18H2,1-4H3/t14?,15-/m1/s1. The number of methoxy groups -OCH3 is 1. The summed E-state index contributed by atoms with van der Waals surface area (Å²) in [5.41, 5.74) is 7.10. The minimum Gasteiger partial charge on any atom is -0.497 e. The maximum Gasteiger partial charge on any atom is 0.410 e. The van der Waals surface area contributed by atoms with Crippen molar-refractivity contribution in [3.05, 3.63) is 29.3 Å². The first-order valence-electron chi connectivity index (χ1n) is 7.78. The number of nitrogens with zero attached hydrogens (tertiary/aromatic N) is 1. The molecule has 3 N–H and O–H groups in total. The number of benzene rings is 1. The lowest BCUT2D eigenvalue weighted by molar-refractivity contribution is -0.0101. The Morgan fingerprint density at radius 3 is 2.70 bits per heavy atom. The number of carbonyl (C=O) groups excluding carboxylic acids is 1. The van der Waals surface area contributed by atoms with E-state index in [0.717, 1.165) is 16.9 Å². The fourth-order valence-electron chi connectivity index (χ4n) is 2.73. The van der Waals surface area contributed by atoms with Gasteiger partial charge in [0.25, 0.3) is 0 Å². The highest BCUT2D eigenvalue weighted by molar-refractivity contribution is 5.69. The highest BCUT2D eigenvalue weighted by atomic mass is 16.6. The van der Waals surface area contributed by atoms with Crippen LogP contribution in [0.2, 0.25) is 0 Å². The average Bonchev–Trinajstić information content (AvgIpc) is 2.50. The molecule has 1 aromatic rings. The Hall–Kier alpha value is -1.79. The molecule has 0 aliphatic carbocycles. The molecule has 1 amide bonds. The molecule has 0 saturated heterocycles. The maximum atomic E-state index is 12.5. The van der Waals surface area contributed by atoms with Crippen LogP contribution in [0, 0.1) is 0 Å². The van der Waals surface area contributed by atoms with Crippen LogP contribution in [0.4, 0.5) is 4.79 Å². The van der Waals surface area contributed by atoms with Gasteiger partial charge in [0.15, 0.2) is 0 Å². The van der Waals surface area contributed by atoms with E-state index >= 15 is 0 Å². The number of fused-ring (bicyclic) bond motifs is 1. The summed E-state index contributed by atoms with van der Waals surface area (Å²) in [4.78, 5) is 14.1. The minimum atomic E-state index is -0.794. The molecule has 0 fully saturated rings. The summed E-state index contributed by atoms with van der Waals surface area (Å²) in [7, 11) is 1.61. The number of hydrogen-bond donors (Lipinski definition) is 2. The fraction of sp³-hybridized carbons (Fsp3) is 0.588. The zero-order chi connectivity index (χ0) is 17.2. The first-order chi connectivity index (χ1) is 10.7. The topological polar surface area (TPSA) is 85.0 Å². The molecule has 6 nitrogen and oxygen atoms in total. The van der Waals surface area contributed by atoms with Crippen molar-refractivity contribution in [2.45, 2.75) is 51.5 Å². The monoisotopic (exact) mass is 322 g/mol. The Morgan fingerprint density at radius 2 is 2.13 bits per heavy atom. The van der Waals surface area contributed by atoms with Crippen molar-refractivity contribution in [3.8, 4) is 5.75 Å². The van der Waals surface area contributed by atoms with Gasteiger partial charge in [-0.2, -0.15) is 0 Å². The van der Waals surface area contributed by atoms with Gasteiger partial charge < -0.3 is 20.3 Å². The quantitative estimate of drug-likeness (QED) is 0.884. The molecule has 1 aliphatic heterocycles. The second kappa shape index (κ2) is 6.76. The number of amides is 1. The van der Waals surface area contributed by atoms with E-state index in [0.29, 0.717) is 13.0 Å². The van der Waals surface area contributed by atoms with Gasteiger partial charge in [-0.05, 0) is 50.5 Å². The van der Waals surface area contributed by atoms with Crippen molar-refractivity contribution < 1.29 is 19.4 Å². The van der Waals surface area contributed by atoms with Crippen LogP contribution in [0.25, 0.3) is 0 Å². The molecule has 0 saturated carbocycles. The average molecular weight is 322 g/mol. The molecule has 0 spiro atoms. The van der Waals surface area contributed by atoms with E-state index in [1.807, 2.05) is 39.0 Å². The van der Waals surface area contributed by atoms with Gasteiger partial charge in [0.05, 0.1) is 19.3 Å². The van der Waals surface area contributed by atoms with Crippen LogP contribution in [0.5, 0.6) is 5.75 Å². The third-order valence-electron chi connectivity index (χ3n) is 3.90. The molecular formula is C17H26N2O4. The molecule has 0 radical (unpaired) electrons. The van der Waals surface area contributed by atoms with Crippen molar-refractivity contribution in [2.24, 2.45) is 5.73 Å². The van der Waals surface area contributed by atoms with E-state index in [4.69, 9.17) is 15.2 Å². The third-order valence-corrected chi connectivity index (χ3v) is 3.90. The number of hydrogen-bond acceptors (Lipinski definition) is 5. The number of aliphatic hydroxyl groups is 1. The molecule has 1 aromatic carbocycles. The zero-order valence-corrected chi connectivity index (χ0v) is 14.2. The van der Waals surface area contributed by atoms with Gasteiger partial charge in [-0.25, -0.2) is 4.79 Å². The molecule has 1 unspecified atom stereocenters. The maximum absolute atomic E-state index is 12.5. The zero-order valence-electron chi connectivity index (χ0n) is 14.2. The third kappa shape index (κ3) is 4.14. The van der Waals surface area contributed by atoms with Crippen LogP contribution >= 0.6 is 0 Å². The van der Waals surface area contributed by atoms with E-state index in [1.54, 1.807) is 12.0 Å². The van der Waals surface area contributed by atoms with E-state index < -0.39 is 23.8 Å². The lowest BCUT2D eigenvalue weighted by Crippen LogP contribution is -2.53. The number of nitrogens with two attached hydrogens (primary N) is 1. The Balaban J connectivity index is 2.31. The Kier molecular flexibility index (Phi) is 5.16. The molecule has 2 atom stereocenters. The van der Waals surface area contributed by atoms with Gasteiger partial charge in [0, 0.05) is 13.1 Å². The molecule has 2 rings (SSSR count). The Labute approximate surface area is 137 Å². The molecule has 23 heavy (non-hydrogen) atoms. The molecule has 1 aliphatic rings. The summed E-state index contributed by atoms with van der Waals surface area (Å²) < 4.78 is 10.7. The van der Waals surface area contributed by atoms with Gasteiger partial charge in [0.2, 0.25) is 0 Å². The predicted octanol–water partition coefficient (Wildman–Crippen LogP) is 1.68. The second-order valence-corrected chi connectivity index (χ2v) is 6.82. The largest absolute Gasteiger partial charge is 0.497 e. The van der Waals surface area contributed by atoms with E-state index in [9.17, 15) is 9.90 Å². The number of aliphatic hydroxyl groups excluding tert-OH is 1. The van der Waals surface area contributed by atoms with Crippen molar-refractivity contribution >= 4 is 6.09 Å². The summed E-state index contributed by atoms with van der Waals surface area (Å²) >= 11 is 0. The van der Waals surface area contributed by atoms with Gasteiger partial charge in [-0.15, -0.1) is 0 Å². The molecule has 128 valence electrons. The minimum absolute atomic E-state index is 0.0927. The van der Waals surface area contributed by atoms with Crippen molar-refractivity contribution in [1.29, 1.82) is 0 Å². The van der Waals surface area contributed by atoms with Crippen molar-refractivity contribution in [2.75, 3.05) is 13.7 Å². The Bertz CT molecular complexity index is 568. The fourth-order valence-corrected chi connectivity index (χ4v) is 2.73. The molecular weight excluding hydrogens is 296 g/mol. The van der Waals surface area contributed by atoms with Gasteiger partial charge in [0.1, 0.15) is 11.4 Å². The van der Waals surface area contributed by atoms with Crippen LogP contribution in [0.15, 0.2) is 18.2 Å². The predicted molar refractivity (Wildman–Crippen MR) is 87.3 cm³/mol. The van der Waals surface area contributed by atoms with Gasteiger partial charge in [-0.1, -0.05) is 6.07 Å². The SMILES string of the molecule is COc1ccc2c(c1)CN(C(=O)OC(C)(C)C)C([C@H](O)CN)C2. The number of carbonyl (C=O) groups is 1. The lowest BCUT2D eigenvalue weighted by atomic mass is 9.91. The molecule has 0 aromatic heterocycles. The van der Waals surface area contributed by atoms with E-state index in [1.165, 1.54) is 0 Å². The number of rotatable bonds is 3.